The third kappa shape index (κ3) is 3.18. The fraction of sp³-hybridized carbons (Fsp3) is 0.667. The molecule has 0 spiro atoms. The van der Waals surface area contributed by atoms with Gasteiger partial charge in [0.05, 0.1) is 19.6 Å². The number of ether oxygens (including phenoxy) is 1. The monoisotopic (exact) mass is 232 g/mol. The average Bonchev–Trinajstić information content (AvgIpc) is 2.22. The zero-order valence-corrected chi connectivity index (χ0v) is 8.86. The van der Waals surface area contributed by atoms with Crippen LogP contribution in [-0.4, -0.2) is 48.7 Å². The van der Waals surface area contributed by atoms with Gasteiger partial charge in [0.2, 0.25) is 0 Å². The van der Waals surface area contributed by atoms with Gasteiger partial charge >= 0.3 is 12.0 Å². The van der Waals surface area contributed by atoms with Crippen molar-refractivity contribution in [2.24, 2.45) is 0 Å². The second kappa shape index (κ2) is 5.43. The molecule has 0 radical (unpaired) electrons. The zero-order valence-electron chi connectivity index (χ0n) is 8.86. The highest BCUT2D eigenvalue weighted by Gasteiger charge is 2.31. The first kappa shape index (κ1) is 12.4. The van der Waals surface area contributed by atoms with E-state index in [2.05, 4.69) is 4.74 Å². The Morgan fingerprint density at radius 2 is 2.31 bits per heavy atom. The maximum absolute atomic E-state index is 13.0. The summed E-state index contributed by atoms with van der Waals surface area (Å²) in [6.45, 7) is 1.65. The van der Waals surface area contributed by atoms with E-state index in [1.54, 1.807) is 6.92 Å². The first-order chi connectivity index (χ1) is 7.54. The minimum atomic E-state index is -1.74. The van der Waals surface area contributed by atoms with Gasteiger partial charge in [0, 0.05) is 6.54 Å². The highest BCUT2D eigenvalue weighted by molar-refractivity contribution is 5.99. The summed E-state index contributed by atoms with van der Waals surface area (Å²) in [5, 5.41) is 1.86. The number of esters is 1. The van der Waals surface area contributed by atoms with Gasteiger partial charge in [-0.25, -0.2) is 9.18 Å². The Hall–Kier alpha value is -1.66. The molecule has 16 heavy (non-hydrogen) atoms. The number of carbonyl (C=O) groups is 3. The lowest BCUT2D eigenvalue weighted by Crippen LogP contribution is -2.55. The molecule has 1 saturated heterocycles. The van der Waals surface area contributed by atoms with E-state index < -0.39 is 24.1 Å². The van der Waals surface area contributed by atoms with E-state index in [0.717, 1.165) is 4.90 Å². The number of hydrogen-bond acceptors (Lipinski definition) is 4. The molecule has 1 unspecified atom stereocenters. The quantitative estimate of drug-likeness (QED) is 0.683. The van der Waals surface area contributed by atoms with Crippen LogP contribution in [0.5, 0.6) is 0 Å². The number of halogens is 1. The SMILES string of the molecule is CCOC(=O)CCN1CC(F)C(=O)NC1=O. The van der Waals surface area contributed by atoms with Gasteiger partial charge in [-0.2, -0.15) is 0 Å². The molecule has 1 aliphatic rings. The van der Waals surface area contributed by atoms with Crippen molar-refractivity contribution in [2.45, 2.75) is 19.5 Å². The highest BCUT2D eigenvalue weighted by Crippen LogP contribution is 2.05. The van der Waals surface area contributed by atoms with E-state index in [1.807, 2.05) is 5.32 Å². The van der Waals surface area contributed by atoms with Crippen molar-refractivity contribution in [3.05, 3.63) is 0 Å². The summed E-state index contributed by atoms with van der Waals surface area (Å²) >= 11 is 0. The van der Waals surface area contributed by atoms with E-state index >= 15 is 0 Å². The number of urea groups is 1. The van der Waals surface area contributed by atoms with Crippen LogP contribution in [0.1, 0.15) is 13.3 Å². The molecule has 0 aromatic rings. The van der Waals surface area contributed by atoms with Crippen LogP contribution >= 0.6 is 0 Å². The fourth-order valence-corrected chi connectivity index (χ4v) is 1.27. The molecule has 0 bridgehead atoms. The van der Waals surface area contributed by atoms with Crippen molar-refractivity contribution < 1.29 is 23.5 Å². The third-order valence-electron chi connectivity index (χ3n) is 2.07. The highest BCUT2D eigenvalue weighted by atomic mass is 19.1. The van der Waals surface area contributed by atoms with Crippen LogP contribution in [0.2, 0.25) is 0 Å². The molecule has 90 valence electrons. The first-order valence-corrected chi connectivity index (χ1v) is 4.94. The molecule has 1 N–H and O–H groups in total. The topological polar surface area (TPSA) is 75.7 Å². The molecule has 1 atom stereocenters. The minimum absolute atomic E-state index is 0.0117. The molecule has 1 rings (SSSR count). The van der Waals surface area contributed by atoms with Crippen LogP contribution in [0.25, 0.3) is 0 Å². The molecule has 7 heteroatoms. The standard InChI is InChI=1S/C9H13FN2O4/c1-2-16-7(13)3-4-12-5-6(10)8(14)11-9(12)15/h6H,2-5H2,1H3,(H,11,14,15). The Morgan fingerprint density at radius 3 is 2.94 bits per heavy atom. The fourth-order valence-electron chi connectivity index (χ4n) is 1.27. The molecule has 0 saturated carbocycles. The Balaban J connectivity index is 2.39. The summed E-state index contributed by atoms with van der Waals surface area (Å²) in [5.41, 5.74) is 0. The van der Waals surface area contributed by atoms with Gasteiger partial charge in [-0.05, 0) is 6.92 Å². The van der Waals surface area contributed by atoms with Crippen molar-refractivity contribution in [1.29, 1.82) is 0 Å². The first-order valence-electron chi connectivity index (χ1n) is 4.94. The molecule has 1 heterocycles. The summed E-state index contributed by atoms with van der Waals surface area (Å²) in [6, 6.07) is -0.678. The largest absolute Gasteiger partial charge is 0.466 e. The lowest BCUT2D eigenvalue weighted by atomic mass is 10.2. The van der Waals surface area contributed by atoms with E-state index in [1.165, 1.54) is 0 Å². The molecule has 1 fully saturated rings. The van der Waals surface area contributed by atoms with Crippen molar-refractivity contribution in [1.82, 2.24) is 10.2 Å². The normalized spacial score (nSPS) is 20.6. The molecule has 6 nitrogen and oxygen atoms in total. The summed E-state index contributed by atoms with van der Waals surface area (Å²) in [7, 11) is 0. The molecular formula is C9H13FN2O4. The third-order valence-corrected chi connectivity index (χ3v) is 2.07. The van der Waals surface area contributed by atoms with Gasteiger partial charge in [0.25, 0.3) is 5.91 Å². The molecule has 0 aromatic carbocycles. The Morgan fingerprint density at radius 1 is 1.62 bits per heavy atom. The van der Waals surface area contributed by atoms with E-state index in [0.29, 0.717) is 0 Å². The summed E-state index contributed by atoms with van der Waals surface area (Å²) < 4.78 is 17.6. The Kier molecular flexibility index (Phi) is 4.21. The number of alkyl halides is 1. The summed E-state index contributed by atoms with van der Waals surface area (Å²) in [4.78, 5) is 34.0. The lowest BCUT2D eigenvalue weighted by Gasteiger charge is -2.28. The Bertz CT molecular complexity index is 308. The number of hydrogen-bond donors (Lipinski definition) is 1. The second-order valence-corrected chi connectivity index (χ2v) is 3.26. The number of nitrogens with one attached hydrogen (secondary N) is 1. The lowest BCUT2D eigenvalue weighted by molar-refractivity contribution is -0.143. The van der Waals surface area contributed by atoms with Crippen molar-refractivity contribution in [3.63, 3.8) is 0 Å². The van der Waals surface area contributed by atoms with Gasteiger partial charge in [0.15, 0.2) is 6.17 Å². The molecule has 0 aliphatic carbocycles. The number of rotatable bonds is 4. The average molecular weight is 232 g/mol. The smallest absolute Gasteiger partial charge is 0.324 e. The van der Waals surface area contributed by atoms with Gasteiger partial charge in [0.1, 0.15) is 0 Å². The van der Waals surface area contributed by atoms with Crippen molar-refractivity contribution in [2.75, 3.05) is 19.7 Å². The van der Waals surface area contributed by atoms with Crippen LogP contribution in [0.15, 0.2) is 0 Å². The van der Waals surface area contributed by atoms with Crippen LogP contribution in [0.4, 0.5) is 9.18 Å². The number of carbonyl (C=O) groups excluding carboxylic acids is 3. The number of amides is 3. The summed E-state index contributed by atoms with van der Waals surface area (Å²) in [5.74, 6) is -1.39. The zero-order chi connectivity index (χ0) is 12.1. The maximum Gasteiger partial charge on any atom is 0.324 e. The molecule has 3 amide bonds. The molecule has 1 aliphatic heterocycles. The second-order valence-electron chi connectivity index (χ2n) is 3.26. The van der Waals surface area contributed by atoms with Gasteiger partial charge < -0.3 is 9.64 Å². The molecular weight excluding hydrogens is 219 g/mol. The number of nitrogens with zero attached hydrogens (tertiary/aromatic N) is 1. The van der Waals surface area contributed by atoms with Gasteiger partial charge in [-0.15, -0.1) is 0 Å². The van der Waals surface area contributed by atoms with Gasteiger partial charge in [-0.1, -0.05) is 0 Å². The van der Waals surface area contributed by atoms with Gasteiger partial charge in [-0.3, -0.25) is 14.9 Å². The predicted octanol–water partition coefficient (Wildman–Crippen LogP) is -0.171. The predicted molar refractivity (Wildman–Crippen MR) is 51.3 cm³/mol. The van der Waals surface area contributed by atoms with E-state index in [9.17, 15) is 18.8 Å². The van der Waals surface area contributed by atoms with E-state index in [4.69, 9.17) is 0 Å². The minimum Gasteiger partial charge on any atom is -0.466 e. The maximum atomic E-state index is 13.0. The van der Waals surface area contributed by atoms with Crippen LogP contribution in [0, 0.1) is 0 Å². The molecule has 0 aromatic heterocycles. The van der Waals surface area contributed by atoms with Crippen molar-refractivity contribution >= 4 is 17.9 Å². The Labute approximate surface area is 91.7 Å². The van der Waals surface area contributed by atoms with Crippen LogP contribution in [-0.2, 0) is 14.3 Å². The van der Waals surface area contributed by atoms with Crippen LogP contribution < -0.4 is 5.32 Å². The van der Waals surface area contributed by atoms with E-state index in [-0.39, 0.29) is 26.1 Å². The van der Waals surface area contributed by atoms with Crippen LogP contribution in [0.3, 0.4) is 0 Å². The number of imide groups is 1. The summed E-state index contributed by atoms with van der Waals surface area (Å²) in [6.07, 6.45) is -1.75. The van der Waals surface area contributed by atoms with Crippen molar-refractivity contribution in [3.8, 4) is 0 Å².